The Bertz CT molecular complexity index is 521. The molecule has 5 nitrogen and oxygen atoms in total. The Hall–Kier alpha value is -1.02. The zero-order valence-electron chi connectivity index (χ0n) is 15.7. The molecule has 2 atom stereocenters. The molecule has 3 N–H and O–H groups in total. The third-order valence-corrected chi connectivity index (χ3v) is 4.95. The minimum atomic E-state index is 0. The molecule has 1 heterocycles. The summed E-state index contributed by atoms with van der Waals surface area (Å²) in [4.78, 5) is 7.01. The van der Waals surface area contributed by atoms with E-state index in [1.165, 1.54) is 24.9 Å². The first-order chi connectivity index (χ1) is 11.6. The largest absolute Gasteiger partial charge is 0.497 e. The predicted octanol–water partition coefficient (Wildman–Crippen LogP) is 3.20. The number of halogens is 1. The number of benzene rings is 1. The summed E-state index contributed by atoms with van der Waals surface area (Å²) >= 11 is 0. The highest BCUT2D eigenvalue weighted by molar-refractivity contribution is 14.0. The standard InChI is InChI=1S/C19H32N4O.HI/c1-4-23-13-5-6-17(23)14-22-19(20)21-12-11-15(2)16-7-9-18(24-3)10-8-16;/h7-10,15,17H,4-6,11-14H2,1-3H3,(H3,20,21,22);1H. The van der Waals surface area contributed by atoms with Gasteiger partial charge in [0.2, 0.25) is 0 Å². The molecule has 2 unspecified atom stereocenters. The quantitative estimate of drug-likeness (QED) is 0.356. The lowest BCUT2D eigenvalue weighted by atomic mass is 9.98. The lowest BCUT2D eigenvalue weighted by molar-refractivity contribution is 0.273. The number of aliphatic imine (C=N–C) groups is 1. The summed E-state index contributed by atoms with van der Waals surface area (Å²) in [5, 5.41) is 3.25. The number of nitrogens with one attached hydrogen (secondary N) is 1. The number of guanidine groups is 1. The Labute approximate surface area is 169 Å². The van der Waals surface area contributed by atoms with Crippen LogP contribution in [0.2, 0.25) is 0 Å². The van der Waals surface area contributed by atoms with Gasteiger partial charge >= 0.3 is 0 Å². The monoisotopic (exact) mass is 460 g/mol. The third kappa shape index (κ3) is 7.01. The van der Waals surface area contributed by atoms with E-state index in [9.17, 15) is 0 Å². The first-order valence-electron chi connectivity index (χ1n) is 9.05. The van der Waals surface area contributed by atoms with Crippen LogP contribution < -0.4 is 15.8 Å². The summed E-state index contributed by atoms with van der Waals surface area (Å²) in [5.41, 5.74) is 7.32. The van der Waals surface area contributed by atoms with Crippen LogP contribution in [0.4, 0.5) is 0 Å². The van der Waals surface area contributed by atoms with Gasteiger partial charge in [-0.05, 0) is 56.0 Å². The van der Waals surface area contributed by atoms with Crippen molar-refractivity contribution in [2.24, 2.45) is 10.7 Å². The fraction of sp³-hybridized carbons (Fsp3) is 0.632. The zero-order chi connectivity index (χ0) is 17.4. The van der Waals surface area contributed by atoms with Crippen molar-refractivity contribution >= 4 is 29.9 Å². The van der Waals surface area contributed by atoms with E-state index in [-0.39, 0.29) is 24.0 Å². The molecule has 0 radical (unpaired) electrons. The second-order valence-electron chi connectivity index (χ2n) is 6.54. The number of nitrogens with two attached hydrogens (primary N) is 1. The number of likely N-dealkylation sites (N-methyl/N-ethyl adjacent to an activating group) is 1. The van der Waals surface area contributed by atoms with E-state index in [2.05, 4.69) is 41.2 Å². The van der Waals surface area contributed by atoms with Gasteiger partial charge in [0, 0.05) is 12.6 Å². The highest BCUT2D eigenvalue weighted by Gasteiger charge is 2.22. The van der Waals surface area contributed by atoms with Crippen LogP contribution in [-0.2, 0) is 0 Å². The topological polar surface area (TPSA) is 62.9 Å². The molecule has 0 bridgehead atoms. The summed E-state index contributed by atoms with van der Waals surface area (Å²) in [6.07, 6.45) is 3.53. The Morgan fingerprint density at radius 3 is 2.76 bits per heavy atom. The third-order valence-electron chi connectivity index (χ3n) is 4.95. The number of hydrogen-bond acceptors (Lipinski definition) is 3. The number of likely N-dealkylation sites (tertiary alicyclic amines) is 1. The fourth-order valence-corrected chi connectivity index (χ4v) is 3.29. The lowest BCUT2D eigenvalue weighted by Crippen LogP contribution is -2.36. The second kappa shape index (κ2) is 11.6. The van der Waals surface area contributed by atoms with Crippen LogP contribution >= 0.6 is 24.0 Å². The summed E-state index contributed by atoms with van der Waals surface area (Å²) in [6, 6.07) is 8.83. The number of nitrogens with zero attached hydrogens (tertiary/aromatic N) is 2. The molecule has 0 saturated carbocycles. The van der Waals surface area contributed by atoms with Gasteiger partial charge in [-0.1, -0.05) is 26.0 Å². The second-order valence-corrected chi connectivity index (χ2v) is 6.54. The summed E-state index contributed by atoms with van der Waals surface area (Å²) < 4.78 is 5.20. The highest BCUT2D eigenvalue weighted by Crippen LogP contribution is 2.21. The Morgan fingerprint density at radius 1 is 1.40 bits per heavy atom. The van der Waals surface area contributed by atoms with Crippen molar-refractivity contribution in [2.45, 2.75) is 45.1 Å². The first kappa shape index (κ1) is 22.0. The van der Waals surface area contributed by atoms with Gasteiger partial charge in [-0.2, -0.15) is 0 Å². The van der Waals surface area contributed by atoms with Crippen molar-refractivity contribution in [3.8, 4) is 5.75 Å². The van der Waals surface area contributed by atoms with Gasteiger partial charge in [0.1, 0.15) is 5.75 Å². The van der Waals surface area contributed by atoms with Gasteiger partial charge in [-0.25, -0.2) is 0 Å². The van der Waals surface area contributed by atoms with Gasteiger partial charge in [0.25, 0.3) is 0 Å². The molecule has 1 fully saturated rings. The van der Waals surface area contributed by atoms with Gasteiger partial charge in [0.15, 0.2) is 5.96 Å². The summed E-state index contributed by atoms with van der Waals surface area (Å²) in [6.45, 7) is 8.39. The van der Waals surface area contributed by atoms with Crippen LogP contribution in [0.15, 0.2) is 29.3 Å². The Balaban J connectivity index is 0.00000312. The van der Waals surface area contributed by atoms with E-state index in [0.717, 1.165) is 31.8 Å². The number of ether oxygens (including phenoxy) is 1. The maximum atomic E-state index is 6.01. The van der Waals surface area contributed by atoms with Crippen molar-refractivity contribution in [1.82, 2.24) is 10.2 Å². The van der Waals surface area contributed by atoms with Crippen molar-refractivity contribution < 1.29 is 4.74 Å². The van der Waals surface area contributed by atoms with Crippen molar-refractivity contribution in [3.05, 3.63) is 29.8 Å². The number of rotatable bonds is 8. The molecule has 1 saturated heterocycles. The van der Waals surface area contributed by atoms with Crippen LogP contribution in [0, 0.1) is 0 Å². The Morgan fingerprint density at radius 2 is 2.12 bits per heavy atom. The number of hydrogen-bond donors (Lipinski definition) is 2. The maximum absolute atomic E-state index is 6.01. The molecule has 0 amide bonds. The predicted molar refractivity (Wildman–Crippen MR) is 116 cm³/mol. The van der Waals surface area contributed by atoms with E-state index in [4.69, 9.17) is 10.5 Å². The van der Waals surface area contributed by atoms with E-state index in [1.807, 2.05) is 12.1 Å². The smallest absolute Gasteiger partial charge is 0.188 e. The van der Waals surface area contributed by atoms with E-state index >= 15 is 0 Å². The van der Waals surface area contributed by atoms with Crippen molar-refractivity contribution in [3.63, 3.8) is 0 Å². The van der Waals surface area contributed by atoms with Gasteiger partial charge in [-0.15, -0.1) is 24.0 Å². The minimum absolute atomic E-state index is 0. The molecule has 142 valence electrons. The summed E-state index contributed by atoms with van der Waals surface area (Å²) in [7, 11) is 1.69. The molecular weight excluding hydrogens is 427 g/mol. The van der Waals surface area contributed by atoms with E-state index in [0.29, 0.717) is 17.9 Å². The molecule has 1 aliphatic heterocycles. The maximum Gasteiger partial charge on any atom is 0.188 e. The molecule has 25 heavy (non-hydrogen) atoms. The van der Waals surface area contributed by atoms with Crippen LogP contribution in [-0.4, -0.2) is 50.2 Å². The average molecular weight is 460 g/mol. The molecule has 1 aliphatic rings. The van der Waals surface area contributed by atoms with Crippen LogP contribution in [0.3, 0.4) is 0 Å². The average Bonchev–Trinajstić information content (AvgIpc) is 3.07. The highest BCUT2D eigenvalue weighted by atomic mass is 127. The molecule has 0 aliphatic carbocycles. The van der Waals surface area contributed by atoms with E-state index < -0.39 is 0 Å². The van der Waals surface area contributed by atoms with E-state index in [1.54, 1.807) is 7.11 Å². The molecule has 2 rings (SSSR count). The Kier molecular flexibility index (Phi) is 10.2. The lowest BCUT2D eigenvalue weighted by Gasteiger charge is -2.21. The normalized spacial score (nSPS) is 19.3. The molecule has 6 heteroatoms. The molecule has 0 spiro atoms. The zero-order valence-corrected chi connectivity index (χ0v) is 18.0. The van der Waals surface area contributed by atoms with Gasteiger partial charge < -0.3 is 15.8 Å². The number of methoxy groups -OCH3 is 1. The molecule has 0 aromatic heterocycles. The molecular formula is C19H33IN4O. The van der Waals surface area contributed by atoms with Gasteiger partial charge in [0.05, 0.1) is 13.7 Å². The van der Waals surface area contributed by atoms with Crippen LogP contribution in [0.1, 0.15) is 44.6 Å². The SMILES string of the molecule is CCN1CCCC1CN=C(N)NCCC(C)c1ccc(OC)cc1.I. The van der Waals surface area contributed by atoms with Crippen molar-refractivity contribution in [2.75, 3.05) is 33.3 Å². The first-order valence-corrected chi connectivity index (χ1v) is 9.05. The van der Waals surface area contributed by atoms with Crippen LogP contribution in [0.5, 0.6) is 5.75 Å². The summed E-state index contributed by atoms with van der Waals surface area (Å²) in [5.74, 6) is 1.94. The van der Waals surface area contributed by atoms with Crippen molar-refractivity contribution in [1.29, 1.82) is 0 Å². The molecule has 1 aromatic carbocycles. The van der Waals surface area contributed by atoms with Gasteiger partial charge in [-0.3, -0.25) is 9.89 Å². The van der Waals surface area contributed by atoms with Crippen LogP contribution in [0.25, 0.3) is 0 Å². The minimum Gasteiger partial charge on any atom is -0.497 e. The molecule has 1 aromatic rings. The fourth-order valence-electron chi connectivity index (χ4n) is 3.29.